The van der Waals surface area contributed by atoms with Crippen LogP contribution in [0.2, 0.25) is 0 Å². The zero-order valence-corrected chi connectivity index (χ0v) is 15.0. The summed E-state index contributed by atoms with van der Waals surface area (Å²) >= 11 is 0. The number of sulfonamides is 1. The van der Waals surface area contributed by atoms with Crippen molar-refractivity contribution in [1.29, 1.82) is 0 Å². The summed E-state index contributed by atoms with van der Waals surface area (Å²) in [4.78, 5) is 8.37. The van der Waals surface area contributed by atoms with E-state index in [0.29, 0.717) is 17.2 Å². The van der Waals surface area contributed by atoms with Crippen molar-refractivity contribution in [2.24, 2.45) is 21.1 Å². The average Bonchev–Trinajstić information content (AvgIpc) is 2.41. The van der Waals surface area contributed by atoms with Crippen LogP contribution in [0, 0.1) is 5.41 Å². The quantitative estimate of drug-likeness (QED) is 0.809. The molecule has 0 spiro atoms. The lowest BCUT2D eigenvalue weighted by Crippen LogP contribution is -2.15. The number of nitrogens with zero attached hydrogens (tertiary/aromatic N) is 2. The molecule has 0 aliphatic carbocycles. The number of allylic oxidation sites excluding steroid dienone is 1. The van der Waals surface area contributed by atoms with Crippen LogP contribution in [0.3, 0.4) is 0 Å². The number of aliphatic imine (C=N–C) groups is 2. The Kier molecular flexibility index (Phi) is 5.71. The van der Waals surface area contributed by atoms with Crippen LogP contribution in [0.1, 0.15) is 33.3 Å². The van der Waals surface area contributed by atoms with E-state index in [9.17, 15) is 8.42 Å². The first kappa shape index (κ1) is 18.9. The van der Waals surface area contributed by atoms with Crippen molar-refractivity contribution in [3.05, 3.63) is 41.3 Å². The molecule has 0 saturated carbocycles. The van der Waals surface area contributed by atoms with Gasteiger partial charge in [-0.05, 0) is 31.3 Å². The molecule has 1 aromatic rings. The summed E-state index contributed by atoms with van der Waals surface area (Å²) in [7, 11) is -3.29. The van der Waals surface area contributed by atoms with Gasteiger partial charge in [0.05, 0.1) is 12.0 Å². The van der Waals surface area contributed by atoms with Crippen molar-refractivity contribution in [1.82, 2.24) is 0 Å². The summed E-state index contributed by atoms with van der Waals surface area (Å²) in [5.74, 6) is 0.298. The van der Waals surface area contributed by atoms with E-state index in [2.05, 4.69) is 21.4 Å². The monoisotopic (exact) mass is 336 g/mol. The second-order valence-electron chi connectivity index (χ2n) is 6.29. The number of hydrogen-bond donors (Lipinski definition) is 2. The van der Waals surface area contributed by atoms with Crippen LogP contribution in [0.25, 0.3) is 0 Å². The Morgan fingerprint density at radius 3 is 2.13 bits per heavy atom. The molecule has 126 valence electrons. The van der Waals surface area contributed by atoms with E-state index in [1.165, 1.54) is 0 Å². The molecule has 0 atom stereocenters. The summed E-state index contributed by atoms with van der Waals surface area (Å²) in [6.45, 7) is 11.3. The molecule has 1 rings (SSSR count). The van der Waals surface area contributed by atoms with Gasteiger partial charge in [0, 0.05) is 16.8 Å². The van der Waals surface area contributed by atoms with Crippen LogP contribution in [-0.2, 0) is 10.0 Å². The van der Waals surface area contributed by atoms with Gasteiger partial charge in [0.25, 0.3) is 0 Å². The third-order valence-corrected chi connectivity index (χ3v) is 3.62. The molecule has 0 amide bonds. The lowest BCUT2D eigenvalue weighted by Gasteiger charge is -2.21. The standard InChI is InChI=1S/C16H24N4O2S/c1-11(19-14(15(17)18-5)16(2,3)4)12-7-9-13(10-8-12)20-23(6,21)22/h7-10,20H,5,17H2,1-4,6H3/b15-14-,19-11?. The molecule has 1 aromatic carbocycles. The lowest BCUT2D eigenvalue weighted by molar-refractivity contribution is 0.491. The first-order valence-electron chi connectivity index (χ1n) is 7.04. The average molecular weight is 336 g/mol. The minimum atomic E-state index is -3.29. The molecule has 6 nitrogen and oxygen atoms in total. The Hall–Kier alpha value is -2.15. The Balaban J connectivity index is 3.18. The number of nitrogens with two attached hydrogens (primary N) is 1. The maximum atomic E-state index is 11.2. The van der Waals surface area contributed by atoms with E-state index in [1.54, 1.807) is 24.3 Å². The first-order valence-corrected chi connectivity index (χ1v) is 8.93. The molecule has 7 heteroatoms. The minimum absolute atomic E-state index is 0.273. The molecule has 0 radical (unpaired) electrons. The maximum absolute atomic E-state index is 11.2. The molecular weight excluding hydrogens is 312 g/mol. The maximum Gasteiger partial charge on any atom is 0.229 e. The molecular formula is C16H24N4O2S. The van der Waals surface area contributed by atoms with Crippen LogP contribution in [0.5, 0.6) is 0 Å². The summed E-state index contributed by atoms with van der Waals surface area (Å²) in [5, 5.41) is 0. The highest BCUT2D eigenvalue weighted by molar-refractivity contribution is 7.92. The lowest BCUT2D eigenvalue weighted by atomic mass is 9.91. The van der Waals surface area contributed by atoms with Crippen molar-refractivity contribution in [2.45, 2.75) is 27.7 Å². The predicted molar refractivity (Wildman–Crippen MR) is 97.3 cm³/mol. The molecule has 3 N–H and O–H groups in total. The normalized spacial score (nSPS) is 14.2. The molecule has 23 heavy (non-hydrogen) atoms. The Labute approximate surface area is 138 Å². The molecule has 0 aliphatic heterocycles. The number of nitrogens with one attached hydrogen (secondary N) is 1. The van der Waals surface area contributed by atoms with Gasteiger partial charge in [-0.3, -0.25) is 9.71 Å². The zero-order chi connectivity index (χ0) is 17.8. The molecule has 0 unspecified atom stereocenters. The molecule has 0 saturated heterocycles. The van der Waals surface area contributed by atoms with Crippen molar-refractivity contribution in [3.63, 3.8) is 0 Å². The van der Waals surface area contributed by atoms with Gasteiger partial charge < -0.3 is 5.73 Å². The Morgan fingerprint density at radius 2 is 1.74 bits per heavy atom. The largest absolute Gasteiger partial charge is 0.382 e. The number of rotatable bonds is 5. The number of benzene rings is 1. The van der Waals surface area contributed by atoms with Crippen LogP contribution in [0.4, 0.5) is 5.69 Å². The van der Waals surface area contributed by atoms with Crippen molar-refractivity contribution >= 4 is 28.1 Å². The van der Waals surface area contributed by atoms with Crippen molar-refractivity contribution in [2.75, 3.05) is 11.0 Å². The zero-order valence-electron chi connectivity index (χ0n) is 14.2. The smallest absolute Gasteiger partial charge is 0.229 e. The fourth-order valence-electron chi connectivity index (χ4n) is 1.91. The summed E-state index contributed by atoms with van der Waals surface area (Å²) in [6, 6.07) is 6.96. The highest BCUT2D eigenvalue weighted by atomic mass is 32.2. The van der Waals surface area contributed by atoms with Gasteiger partial charge in [-0.1, -0.05) is 32.9 Å². The SMILES string of the molecule is C=N/C(N)=C(\N=C(C)c1ccc(NS(C)(=O)=O)cc1)C(C)(C)C. The Morgan fingerprint density at radius 1 is 1.22 bits per heavy atom. The topological polar surface area (TPSA) is 96.9 Å². The third-order valence-electron chi connectivity index (χ3n) is 3.01. The van der Waals surface area contributed by atoms with Gasteiger partial charge >= 0.3 is 0 Å². The van der Waals surface area contributed by atoms with Gasteiger partial charge in [0.1, 0.15) is 5.82 Å². The van der Waals surface area contributed by atoms with Gasteiger partial charge in [0.2, 0.25) is 10.0 Å². The van der Waals surface area contributed by atoms with E-state index in [-0.39, 0.29) is 5.41 Å². The Bertz CT molecular complexity index is 739. The molecule has 0 heterocycles. The minimum Gasteiger partial charge on any atom is -0.382 e. The van der Waals surface area contributed by atoms with E-state index in [4.69, 9.17) is 5.73 Å². The molecule has 0 fully saturated rings. The van der Waals surface area contributed by atoms with Crippen molar-refractivity contribution in [3.8, 4) is 0 Å². The summed E-state index contributed by atoms with van der Waals surface area (Å²) in [6.07, 6.45) is 1.11. The van der Waals surface area contributed by atoms with E-state index >= 15 is 0 Å². The summed E-state index contributed by atoms with van der Waals surface area (Å²) < 4.78 is 24.8. The second kappa shape index (κ2) is 6.95. The summed E-state index contributed by atoms with van der Waals surface area (Å²) in [5.41, 5.74) is 8.40. The van der Waals surface area contributed by atoms with Crippen LogP contribution in [-0.4, -0.2) is 27.1 Å². The van der Waals surface area contributed by atoms with Crippen LogP contribution in [0.15, 0.2) is 45.8 Å². The van der Waals surface area contributed by atoms with Crippen LogP contribution >= 0.6 is 0 Å². The predicted octanol–water partition coefficient (Wildman–Crippen LogP) is 2.74. The van der Waals surface area contributed by atoms with Crippen LogP contribution < -0.4 is 10.5 Å². The fraction of sp³-hybridized carbons (Fsp3) is 0.375. The van der Waals surface area contributed by atoms with Crippen molar-refractivity contribution < 1.29 is 8.42 Å². The molecule has 0 aromatic heterocycles. The van der Waals surface area contributed by atoms with E-state index < -0.39 is 10.0 Å². The van der Waals surface area contributed by atoms with Gasteiger partial charge in [0.15, 0.2) is 0 Å². The highest BCUT2D eigenvalue weighted by Crippen LogP contribution is 2.29. The first-order chi connectivity index (χ1) is 10.4. The molecule has 0 bridgehead atoms. The van der Waals surface area contributed by atoms with E-state index in [1.807, 2.05) is 27.7 Å². The second-order valence-corrected chi connectivity index (χ2v) is 8.04. The fourth-order valence-corrected chi connectivity index (χ4v) is 2.47. The number of hydrogen-bond acceptors (Lipinski definition) is 5. The highest BCUT2D eigenvalue weighted by Gasteiger charge is 2.20. The number of anilines is 1. The van der Waals surface area contributed by atoms with Gasteiger partial charge in [-0.25, -0.2) is 13.4 Å². The van der Waals surface area contributed by atoms with Gasteiger partial charge in [-0.15, -0.1) is 0 Å². The molecule has 0 aliphatic rings. The van der Waals surface area contributed by atoms with E-state index in [0.717, 1.165) is 17.5 Å². The third kappa shape index (κ3) is 5.86. The van der Waals surface area contributed by atoms with Gasteiger partial charge in [-0.2, -0.15) is 0 Å².